The Kier molecular flexibility index (Phi) is 3.46. The second kappa shape index (κ2) is 5.04. The molecular formula is C14H16FN3. The summed E-state index contributed by atoms with van der Waals surface area (Å²) in [6.07, 6.45) is 1.73. The Bertz CT molecular complexity index is 537. The number of aromatic nitrogens is 1. The van der Waals surface area contributed by atoms with Crippen molar-refractivity contribution in [2.45, 2.75) is 13.8 Å². The van der Waals surface area contributed by atoms with Crippen LogP contribution in [-0.2, 0) is 0 Å². The maximum atomic E-state index is 12.9. The van der Waals surface area contributed by atoms with Crippen molar-refractivity contribution in [3.8, 4) is 0 Å². The molecule has 0 bridgehead atoms. The highest BCUT2D eigenvalue weighted by Gasteiger charge is 2.13. The van der Waals surface area contributed by atoms with Crippen LogP contribution in [0.15, 0.2) is 36.5 Å². The van der Waals surface area contributed by atoms with Crippen LogP contribution in [0.25, 0.3) is 0 Å². The van der Waals surface area contributed by atoms with Crippen molar-refractivity contribution in [1.29, 1.82) is 0 Å². The van der Waals surface area contributed by atoms with Gasteiger partial charge in [0.15, 0.2) is 5.82 Å². The highest BCUT2D eigenvalue weighted by Crippen LogP contribution is 2.29. The Hall–Kier alpha value is -2.10. The number of rotatable bonds is 3. The van der Waals surface area contributed by atoms with Crippen LogP contribution in [0.2, 0.25) is 0 Å². The number of aryl methyl sites for hydroxylation is 1. The molecule has 0 aliphatic carbocycles. The summed E-state index contributed by atoms with van der Waals surface area (Å²) in [6.45, 7) is 4.66. The quantitative estimate of drug-likeness (QED) is 0.902. The first kappa shape index (κ1) is 12.4. The highest BCUT2D eigenvalue weighted by atomic mass is 19.1. The maximum Gasteiger partial charge on any atom is 0.156 e. The fraction of sp³-hybridized carbons (Fsp3) is 0.214. The summed E-state index contributed by atoms with van der Waals surface area (Å²) in [5, 5.41) is 0. The van der Waals surface area contributed by atoms with Crippen molar-refractivity contribution in [2.24, 2.45) is 0 Å². The van der Waals surface area contributed by atoms with Crippen LogP contribution in [0, 0.1) is 12.7 Å². The lowest BCUT2D eigenvalue weighted by Gasteiger charge is -2.24. The summed E-state index contributed by atoms with van der Waals surface area (Å²) in [7, 11) is 0. The van der Waals surface area contributed by atoms with Gasteiger partial charge in [-0.3, -0.25) is 0 Å². The van der Waals surface area contributed by atoms with Crippen molar-refractivity contribution >= 4 is 17.2 Å². The molecule has 0 aliphatic rings. The average molecular weight is 245 g/mol. The lowest BCUT2D eigenvalue weighted by atomic mass is 10.2. The van der Waals surface area contributed by atoms with Crippen molar-refractivity contribution in [1.82, 2.24) is 4.98 Å². The van der Waals surface area contributed by atoms with Gasteiger partial charge in [0, 0.05) is 18.4 Å². The first-order valence-corrected chi connectivity index (χ1v) is 5.87. The van der Waals surface area contributed by atoms with Crippen LogP contribution in [0.4, 0.5) is 21.6 Å². The van der Waals surface area contributed by atoms with Crippen LogP contribution in [0.5, 0.6) is 0 Å². The molecule has 1 aromatic carbocycles. The minimum Gasteiger partial charge on any atom is -0.396 e. The molecule has 4 heteroatoms. The van der Waals surface area contributed by atoms with E-state index in [9.17, 15) is 4.39 Å². The summed E-state index contributed by atoms with van der Waals surface area (Å²) in [5.41, 5.74) is 8.57. The number of nitrogen functional groups attached to an aromatic ring is 1. The van der Waals surface area contributed by atoms with Gasteiger partial charge in [-0.05, 0) is 49.7 Å². The maximum absolute atomic E-state index is 12.9. The number of halogens is 1. The molecule has 0 unspecified atom stereocenters. The first-order valence-electron chi connectivity index (χ1n) is 5.87. The van der Waals surface area contributed by atoms with E-state index in [2.05, 4.69) is 4.98 Å². The molecule has 0 spiro atoms. The van der Waals surface area contributed by atoms with Crippen molar-refractivity contribution in [2.75, 3.05) is 17.2 Å². The van der Waals surface area contributed by atoms with Crippen molar-refractivity contribution < 1.29 is 4.39 Å². The van der Waals surface area contributed by atoms with Crippen LogP contribution >= 0.6 is 0 Å². The minimum absolute atomic E-state index is 0.250. The summed E-state index contributed by atoms with van der Waals surface area (Å²) in [4.78, 5) is 6.28. The van der Waals surface area contributed by atoms with Gasteiger partial charge in [0.2, 0.25) is 0 Å². The van der Waals surface area contributed by atoms with E-state index in [1.807, 2.05) is 24.8 Å². The lowest BCUT2D eigenvalue weighted by molar-refractivity contribution is 0.628. The Morgan fingerprint density at radius 1 is 1.22 bits per heavy atom. The van der Waals surface area contributed by atoms with E-state index in [1.165, 1.54) is 12.1 Å². The molecule has 2 rings (SSSR count). The molecule has 2 N–H and O–H groups in total. The van der Waals surface area contributed by atoms with Gasteiger partial charge in [-0.2, -0.15) is 0 Å². The predicted octanol–water partition coefficient (Wildman–Crippen LogP) is 3.27. The average Bonchev–Trinajstić information content (AvgIpc) is 2.37. The number of anilines is 3. The number of hydrogen-bond donors (Lipinski definition) is 1. The molecule has 0 fully saturated rings. The molecule has 0 amide bonds. The number of nitrogens with zero attached hydrogens (tertiary/aromatic N) is 2. The van der Waals surface area contributed by atoms with Crippen LogP contribution in [0.1, 0.15) is 12.5 Å². The molecule has 2 aromatic rings. The third-order valence-electron chi connectivity index (χ3n) is 2.90. The van der Waals surface area contributed by atoms with Gasteiger partial charge in [-0.1, -0.05) is 0 Å². The van der Waals surface area contributed by atoms with E-state index in [0.717, 1.165) is 11.3 Å². The van der Waals surface area contributed by atoms with Gasteiger partial charge in [0.25, 0.3) is 0 Å². The molecule has 94 valence electrons. The number of nitrogens with two attached hydrogens (primary N) is 1. The molecule has 1 heterocycles. The van der Waals surface area contributed by atoms with Crippen molar-refractivity contribution in [3.63, 3.8) is 0 Å². The Labute approximate surface area is 106 Å². The van der Waals surface area contributed by atoms with E-state index < -0.39 is 0 Å². The minimum atomic E-state index is -0.250. The summed E-state index contributed by atoms with van der Waals surface area (Å²) in [6, 6.07) is 8.19. The molecule has 0 atom stereocenters. The SMILES string of the molecule is CCN(c1ccc(F)cc1)c1nccc(C)c1N. The molecule has 3 nitrogen and oxygen atoms in total. The number of hydrogen-bond acceptors (Lipinski definition) is 3. The first-order chi connectivity index (χ1) is 8.63. The fourth-order valence-corrected chi connectivity index (χ4v) is 1.85. The fourth-order valence-electron chi connectivity index (χ4n) is 1.85. The molecule has 1 aromatic heterocycles. The topological polar surface area (TPSA) is 42.2 Å². The van der Waals surface area contributed by atoms with E-state index in [0.29, 0.717) is 18.1 Å². The predicted molar refractivity (Wildman–Crippen MR) is 72.5 cm³/mol. The molecule has 0 saturated heterocycles. The van der Waals surface area contributed by atoms with Gasteiger partial charge in [0.05, 0.1) is 5.69 Å². The smallest absolute Gasteiger partial charge is 0.156 e. The van der Waals surface area contributed by atoms with Gasteiger partial charge in [0.1, 0.15) is 5.82 Å². The van der Waals surface area contributed by atoms with E-state index in [4.69, 9.17) is 5.73 Å². The second-order valence-corrected chi connectivity index (χ2v) is 4.09. The van der Waals surface area contributed by atoms with Crippen LogP contribution in [0.3, 0.4) is 0 Å². The lowest BCUT2D eigenvalue weighted by Crippen LogP contribution is -2.19. The van der Waals surface area contributed by atoms with Gasteiger partial charge >= 0.3 is 0 Å². The monoisotopic (exact) mass is 245 g/mol. The van der Waals surface area contributed by atoms with E-state index >= 15 is 0 Å². The molecular weight excluding hydrogens is 229 g/mol. The second-order valence-electron chi connectivity index (χ2n) is 4.09. The standard InChI is InChI=1S/C14H16FN3/c1-3-18(12-6-4-11(15)5-7-12)14-13(16)10(2)8-9-17-14/h4-9H,3,16H2,1-2H3. The Morgan fingerprint density at radius 3 is 2.50 bits per heavy atom. The van der Waals surface area contributed by atoms with Gasteiger partial charge in [-0.25, -0.2) is 9.37 Å². The normalized spacial score (nSPS) is 10.4. The summed E-state index contributed by atoms with van der Waals surface area (Å²) in [5.74, 6) is 0.462. The number of pyridine rings is 1. The highest BCUT2D eigenvalue weighted by molar-refractivity contribution is 5.73. The third-order valence-corrected chi connectivity index (χ3v) is 2.90. The zero-order valence-electron chi connectivity index (χ0n) is 10.5. The van der Waals surface area contributed by atoms with E-state index in [-0.39, 0.29) is 5.82 Å². The summed E-state index contributed by atoms with van der Waals surface area (Å²) >= 11 is 0. The third kappa shape index (κ3) is 2.27. The molecule has 18 heavy (non-hydrogen) atoms. The zero-order valence-corrected chi connectivity index (χ0v) is 10.5. The Morgan fingerprint density at radius 2 is 1.89 bits per heavy atom. The number of benzene rings is 1. The van der Waals surface area contributed by atoms with Crippen molar-refractivity contribution in [3.05, 3.63) is 47.9 Å². The zero-order chi connectivity index (χ0) is 13.1. The van der Waals surface area contributed by atoms with Crippen LogP contribution < -0.4 is 10.6 Å². The molecule has 0 aliphatic heterocycles. The van der Waals surface area contributed by atoms with Gasteiger partial charge < -0.3 is 10.6 Å². The Balaban J connectivity index is 2.45. The largest absolute Gasteiger partial charge is 0.396 e. The van der Waals surface area contributed by atoms with Crippen LogP contribution in [-0.4, -0.2) is 11.5 Å². The van der Waals surface area contributed by atoms with Gasteiger partial charge in [-0.15, -0.1) is 0 Å². The van der Waals surface area contributed by atoms with E-state index in [1.54, 1.807) is 18.3 Å². The summed E-state index contributed by atoms with van der Waals surface area (Å²) < 4.78 is 12.9. The molecule has 0 saturated carbocycles. The molecule has 0 radical (unpaired) electrons.